The third-order valence-electron chi connectivity index (χ3n) is 3.89. The van der Waals surface area contributed by atoms with Gasteiger partial charge in [0.05, 0.1) is 6.10 Å². The standard InChI is InChI=1S/C22H26O4/c1-5-17(4)26-21-12-8-19(9-13-21)18-6-10-20(11-7-18)24-14-15-25-22(23)16(2)3/h6-13,17H,2,5,14-15H2,1,3-4H3. The first kappa shape index (κ1) is 19.6. The fourth-order valence-corrected chi connectivity index (χ4v) is 2.20. The Morgan fingerprint density at radius 2 is 1.50 bits per heavy atom. The topological polar surface area (TPSA) is 44.8 Å². The summed E-state index contributed by atoms with van der Waals surface area (Å²) in [5.74, 6) is 1.22. The van der Waals surface area contributed by atoms with E-state index in [0.717, 1.165) is 29.0 Å². The molecule has 4 nitrogen and oxygen atoms in total. The lowest BCUT2D eigenvalue weighted by Gasteiger charge is -2.13. The Kier molecular flexibility index (Phi) is 7.27. The molecule has 2 aromatic carbocycles. The van der Waals surface area contributed by atoms with Gasteiger partial charge in [0.25, 0.3) is 0 Å². The van der Waals surface area contributed by atoms with Gasteiger partial charge in [0.2, 0.25) is 0 Å². The van der Waals surface area contributed by atoms with Crippen molar-refractivity contribution in [1.82, 2.24) is 0 Å². The van der Waals surface area contributed by atoms with Gasteiger partial charge in [-0.25, -0.2) is 4.79 Å². The van der Waals surface area contributed by atoms with E-state index in [4.69, 9.17) is 14.2 Å². The zero-order valence-electron chi connectivity index (χ0n) is 15.7. The smallest absolute Gasteiger partial charge is 0.333 e. The zero-order chi connectivity index (χ0) is 18.9. The molecule has 0 amide bonds. The molecule has 138 valence electrons. The summed E-state index contributed by atoms with van der Waals surface area (Å²) in [4.78, 5) is 11.3. The summed E-state index contributed by atoms with van der Waals surface area (Å²) in [7, 11) is 0. The molecule has 0 heterocycles. The maximum absolute atomic E-state index is 11.3. The minimum Gasteiger partial charge on any atom is -0.491 e. The second-order valence-electron chi connectivity index (χ2n) is 6.15. The van der Waals surface area contributed by atoms with E-state index >= 15 is 0 Å². The highest BCUT2D eigenvalue weighted by molar-refractivity contribution is 5.86. The summed E-state index contributed by atoms with van der Waals surface area (Å²) in [5.41, 5.74) is 2.60. The van der Waals surface area contributed by atoms with Crippen molar-refractivity contribution in [2.45, 2.75) is 33.3 Å². The monoisotopic (exact) mass is 354 g/mol. The predicted molar refractivity (Wildman–Crippen MR) is 104 cm³/mol. The molecule has 0 fully saturated rings. The molecule has 0 aromatic heterocycles. The van der Waals surface area contributed by atoms with E-state index in [1.54, 1.807) is 6.92 Å². The zero-order valence-corrected chi connectivity index (χ0v) is 15.7. The number of rotatable bonds is 9. The van der Waals surface area contributed by atoms with Crippen molar-refractivity contribution < 1.29 is 19.0 Å². The van der Waals surface area contributed by atoms with E-state index in [9.17, 15) is 4.79 Å². The lowest BCUT2D eigenvalue weighted by atomic mass is 10.1. The minimum absolute atomic E-state index is 0.199. The molecule has 0 saturated heterocycles. The van der Waals surface area contributed by atoms with Gasteiger partial charge in [-0.2, -0.15) is 0 Å². The lowest BCUT2D eigenvalue weighted by molar-refractivity contribution is -0.139. The number of benzene rings is 2. The average Bonchev–Trinajstić information content (AvgIpc) is 2.66. The highest BCUT2D eigenvalue weighted by Gasteiger charge is 2.04. The van der Waals surface area contributed by atoms with Gasteiger partial charge in [-0.05, 0) is 55.7 Å². The number of hydrogen-bond donors (Lipinski definition) is 0. The first-order chi connectivity index (χ1) is 12.5. The van der Waals surface area contributed by atoms with Crippen LogP contribution in [0.5, 0.6) is 11.5 Å². The van der Waals surface area contributed by atoms with Crippen LogP contribution >= 0.6 is 0 Å². The molecule has 2 rings (SSSR count). The number of carbonyl (C=O) groups excluding carboxylic acids is 1. The van der Waals surface area contributed by atoms with E-state index in [1.807, 2.05) is 48.5 Å². The molecular weight excluding hydrogens is 328 g/mol. The maximum Gasteiger partial charge on any atom is 0.333 e. The van der Waals surface area contributed by atoms with Crippen molar-refractivity contribution in [2.75, 3.05) is 13.2 Å². The van der Waals surface area contributed by atoms with Gasteiger partial charge in [0.1, 0.15) is 24.7 Å². The van der Waals surface area contributed by atoms with Gasteiger partial charge in [-0.1, -0.05) is 37.8 Å². The van der Waals surface area contributed by atoms with Crippen LogP contribution in [0.1, 0.15) is 27.2 Å². The molecule has 0 saturated carbocycles. The summed E-state index contributed by atoms with van der Waals surface area (Å²) in [6.45, 7) is 9.82. The molecule has 0 bridgehead atoms. The van der Waals surface area contributed by atoms with Crippen LogP contribution in [0.2, 0.25) is 0 Å². The van der Waals surface area contributed by atoms with Gasteiger partial charge in [0.15, 0.2) is 0 Å². The molecule has 0 radical (unpaired) electrons. The maximum atomic E-state index is 11.3. The van der Waals surface area contributed by atoms with Crippen LogP contribution in [0.25, 0.3) is 11.1 Å². The first-order valence-electron chi connectivity index (χ1n) is 8.82. The minimum atomic E-state index is -0.398. The van der Waals surface area contributed by atoms with Crippen LogP contribution in [-0.4, -0.2) is 25.3 Å². The van der Waals surface area contributed by atoms with Crippen LogP contribution in [-0.2, 0) is 9.53 Å². The van der Waals surface area contributed by atoms with Crippen molar-refractivity contribution >= 4 is 5.97 Å². The van der Waals surface area contributed by atoms with Gasteiger partial charge in [0, 0.05) is 5.57 Å². The van der Waals surface area contributed by atoms with Crippen LogP contribution < -0.4 is 9.47 Å². The summed E-state index contributed by atoms with van der Waals surface area (Å²) < 4.78 is 16.4. The average molecular weight is 354 g/mol. The van der Waals surface area contributed by atoms with Gasteiger partial charge in [-0.15, -0.1) is 0 Å². The van der Waals surface area contributed by atoms with Gasteiger partial charge >= 0.3 is 5.97 Å². The molecule has 26 heavy (non-hydrogen) atoms. The van der Waals surface area contributed by atoms with E-state index in [0.29, 0.717) is 12.2 Å². The summed E-state index contributed by atoms with van der Waals surface area (Å²) in [6, 6.07) is 15.9. The number of ether oxygens (including phenoxy) is 3. The van der Waals surface area contributed by atoms with Crippen LogP contribution in [0.4, 0.5) is 0 Å². The highest BCUT2D eigenvalue weighted by atomic mass is 16.6. The fraction of sp³-hybridized carbons (Fsp3) is 0.318. The third-order valence-corrected chi connectivity index (χ3v) is 3.89. The van der Waals surface area contributed by atoms with Crippen molar-refractivity contribution in [2.24, 2.45) is 0 Å². The molecule has 0 aliphatic heterocycles. The first-order valence-corrected chi connectivity index (χ1v) is 8.82. The van der Waals surface area contributed by atoms with Crippen LogP contribution in [0.3, 0.4) is 0 Å². The molecule has 0 spiro atoms. The molecule has 0 N–H and O–H groups in total. The van der Waals surface area contributed by atoms with Crippen LogP contribution in [0.15, 0.2) is 60.7 Å². The summed E-state index contributed by atoms with van der Waals surface area (Å²) in [5, 5.41) is 0. The SMILES string of the molecule is C=C(C)C(=O)OCCOc1ccc(-c2ccc(OC(C)CC)cc2)cc1. The Morgan fingerprint density at radius 1 is 0.962 bits per heavy atom. The van der Waals surface area contributed by atoms with E-state index in [1.165, 1.54) is 0 Å². The molecular formula is C22H26O4. The molecule has 4 heteroatoms. The van der Waals surface area contributed by atoms with Crippen molar-refractivity contribution in [1.29, 1.82) is 0 Å². The summed E-state index contributed by atoms with van der Waals surface area (Å²) >= 11 is 0. The van der Waals surface area contributed by atoms with Crippen molar-refractivity contribution in [3.8, 4) is 22.6 Å². The Hall–Kier alpha value is -2.75. The Balaban J connectivity index is 1.86. The normalized spacial score (nSPS) is 11.5. The largest absolute Gasteiger partial charge is 0.491 e. The second kappa shape index (κ2) is 9.66. The molecule has 0 aliphatic rings. The summed E-state index contributed by atoms with van der Waals surface area (Å²) in [6.07, 6.45) is 1.20. The number of carbonyl (C=O) groups is 1. The van der Waals surface area contributed by atoms with Crippen LogP contribution in [0, 0.1) is 0 Å². The van der Waals surface area contributed by atoms with E-state index in [2.05, 4.69) is 20.4 Å². The quantitative estimate of drug-likeness (QED) is 0.360. The van der Waals surface area contributed by atoms with Gasteiger partial charge in [-0.3, -0.25) is 0 Å². The van der Waals surface area contributed by atoms with Crippen molar-refractivity contribution in [3.63, 3.8) is 0 Å². The molecule has 1 unspecified atom stereocenters. The highest BCUT2D eigenvalue weighted by Crippen LogP contribution is 2.25. The van der Waals surface area contributed by atoms with E-state index < -0.39 is 5.97 Å². The third kappa shape index (κ3) is 5.96. The molecule has 1 atom stereocenters. The van der Waals surface area contributed by atoms with E-state index in [-0.39, 0.29) is 12.7 Å². The Morgan fingerprint density at radius 3 is 2.00 bits per heavy atom. The Labute approximate surface area is 155 Å². The second-order valence-corrected chi connectivity index (χ2v) is 6.15. The predicted octanol–water partition coefficient (Wildman–Crippen LogP) is 5.03. The number of esters is 1. The van der Waals surface area contributed by atoms with Crippen molar-refractivity contribution in [3.05, 3.63) is 60.7 Å². The molecule has 0 aliphatic carbocycles. The van der Waals surface area contributed by atoms with Gasteiger partial charge < -0.3 is 14.2 Å². The Bertz CT molecular complexity index is 717. The molecule has 2 aromatic rings. The lowest BCUT2D eigenvalue weighted by Crippen LogP contribution is -2.12. The fourth-order valence-electron chi connectivity index (χ4n) is 2.20. The number of hydrogen-bond acceptors (Lipinski definition) is 4.